The van der Waals surface area contributed by atoms with Crippen LogP contribution in [0.25, 0.3) is 5.70 Å². The van der Waals surface area contributed by atoms with Crippen molar-refractivity contribution in [2.75, 3.05) is 11.9 Å². The lowest BCUT2D eigenvalue weighted by atomic mass is 10.0. The van der Waals surface area contributed by atoms with Crippen molar-refractivity contribution in [2.24, 2.45) is 0 Å². The number of nitrogens with one attached hydrogen (secondary N) is 1. The Morgan fingerprint density at radius 2 is 2.03 bits per heavy atom. The van der Waals surface area contributed by atoms with E-state index in [0.29, 0.717) is 34.6 Å². The molecule has 1 aromatic heterocycles. The number of para-hydroxylation sites is 1. The number of allylic oxidation sites excluding steroid dienone is 1. The Hall–Kier alpha value is -3.20. The second-order valence-electron chi connectivity index (χ2n) is 6.09. The van der Waals surface area contributed by atoms with Gasteiger partial charge in [-0.25, -0.2) is 0 Å². The van der Waals surface area contributed by atoms with E-state index in [1.807, 2.05) is 19.1 Å². The van der Waals surface area contributed by atoms with Gasteiger partial charge in [0.2, 0.25) is 5.95 Å². The molecule has 1 aliphatic rings. The van der Waals surface area contributed by atoms with Crippen LogP contribution in [0.3, 0.4) is 0 Å². The monoisotopic (exact) mass is 419 g/mol. The van der Waals surface area contributed by atoms with Crippen LogP contribution in [0.2, 0.25) is 5.02 Å². The maximum absolute atomic E-state index is 12.9. The number of tetrazole rings is 1. The van der Waals surface area contributed by atoms with Gasteiger partial charge in [-0.1, -0.05) is 34.9 Å². The summed E-state index contributed by atoms with van der Waals surface area (Å²) < 4.78 is 37.4. The molecule has 2 aromatic carbocycles. The highest BCUT2D eigenvalue weighted by atomic mass is 35.5. The van der Waals surface area contributed by atoms with Crippen molar-refractivity contribution < 1.29 is 18.3 Å². The van der Waals surface area contributed by atoms with E-state index in [9.17, 15) is 8.78 Å². The van der Waals surface area contributed by atoms with Gasteiger partial charge in [-0.15, -0.1) is 0 Å². The SMILES string of the molecule is CCOc1ccc(C2=C[C@H](c3ccccc3OC(F)F)n3nnnc3N2)cc1Cl. The van der Waals surface area contributed by atoms with Gasteiger partial charge in [0.25, 0.3) is 0 Å². The predicted octanol–water partition coefficient (Wildman–Crippen LogP) is 4.38. The number of aromatic nitrogens is 4. The first-order chi connectivity index (χ1) is 14.1. The minimum absolute atomic E-state index is 0.0520. The summed E-state index contributed by atoms with van der Waals surface area (Å²) in [5, 5.41) is 15.2. The molecule has 0 aliphatic carbocycles. The molecule has 4 rings (SSSR count). The van der Waals surface area contributed by atoms with E-state index in [1.54, 1.807) is 30.3 Å². The third-order valence-electron chi connectivity index (χ3n) is 4.32. The van der Waals surface area contributed by atoms with E-state index in [1.165, 1.54) is 10.7 Å². The lowest BCUT2D eigenvalue weighted by molar-refractivity contribution is -0.0506. The molecule has 29 heavy (non-hydrogen) atoms. The topological polar surface area (TPSA) is 74.1 Å². The number of alkyl halides is 2. The molecule has 10 heteroatoms. The highest BCUT2D eigenvalue weighted by Gasteiger charge is 2.27. The summed E-state index contributed by atoms with van der Waals surface area (Å²) in [7, 11) is 0. The summed E-state index contributed by atoms with van der Waals surface area (Å²) in [5.41, 5.74) is 1.94. The van der Waals surface area contributed by atoms with Crippen molar-refractivity contribution >= 4 is 23.2 Å². The number of ether oxygens (including phenoxy) is 2. The molecule has 0 amide bonds. The molecule has 0 radical (unpaired) electrons. The fourth-order valence-electron chi connectivity index (χ4n) is 3.11. The van der Waals surface area contributed by atoms with Gasteiger partial charge >= 0.3 is 6.61 Å². The number of nitrogens with zero attached hydrogens (tertiary/aromatic N) is 4. The highest BCUT2D eigenvalue weighted by Crippen LogP contribution is 2.37. The molecule has 0 saturated heterocycles. The zero-order chi connectivity index (χ0) is 20.4. The first kappa shape index (κ1) is 19.1. The fourth-order valence-corrected chi connectivity index (χ4v) is 3.35. The van der Waals surface area contributed by atoms with Crippen LogP contribution in [0.15, 0.2) is 48.5 Å². The standard InChI is InChI=1S/C19H16ClF2N5O2/c1-2-28-17-8-7-11(9-13(17)20)14-10-15(27-19(23-14)24-25-26-27)12-5-3-4-6-16(12)29-18(21)22/h3-10,15,18H,2H2,1H3,(H,23,24,26)/t15-/m1/s1. The summed E-state index contributed by atoms with van der Waals surface area (Å²) in [6.07, 6.45) is 1.82. The molecule has 1 aliphatic heterocycles. The molecule has 0 unspecified atom stereocenters. The third-order valence-corrected chi connectivity index (χ3v) is 4.62. The first-order valence-electron chi connectivity index (χ1n) is 8.80. The van der Waals surface area contributed by atoms with Gasteiger partial charge in [0, 0.05) is 11.3 Å². The zero-order valence-corrected chi connectivity index (χ0v) is 16.0. The number of benzene rings is 2. The Bertz CT molecular complexity index is 1060. The van der Waals surface area contributed by atoms with E-state index in [-0.39, 0.29) is 5.75 Å². The van der Waals surface area contributed by atoms with Crippen LogP contribution in [0.1, 0.15) is 24.1 Å². The van der Waals surface area contributed by atoms with Gasteiger partial charge in [-0.2, -0.15) is 13.5 Å². The summed E-state index contributed by atoms with van der Waals surface area (Å²) in [5.74, 6) is 0.993. The van der Waals surface area contributed by atoms with Crippen molar-refractivity contribution in [1.82, 2.24) is 20.2 Å². The van der Waals surface area contributed by atoms with Crippen LogP contribution in [-0.4, -0.2) is 33.4 Å². The van der Waals surface area contributed by atoms with Crippen molar-refractivity contribution in [3.63, 3.8) is 0 Å². The van der Waals surface area contributed by atoms with Crippen LogP contribution in [0.4, 0.5) is 14.7 Å². The van der Waals surface area contributed by atoms with Crippen LogP contribution in [0.5, 0.6) is 11.5 Å². The number of halogens is 3. The lowest BCUT2D eigenvalue weighted by Gasteiger charge is -2.25. The number of hydrogen-bond donors (Lipinski definition) is 1. The minimum Gasteiger partial charge on any atom is -0.492 e. The van der Waals surface area contributed by atoms with E-state index in [2.05, 4.69) is 20.8 Å². The fraction of sp³-hybridized carbons (Fsp3) is 0.211. The van der Waals surface area contributed by atoms with Crippen LogP contribution >= 0.6 is 11.6 Å². The summed E-state index contributed by atoms with van der Waals surface area (Å²) in [6.45, 7) is -0.573. The lowest BCUT2D eigenvalue weighted by Crippen LogP contribution is -2.21. The number of anilines is 1. The average Bonchev–Trinajstić information content (AvgIpc) is 3.18. The Morgan fingerprint density at radius 3 is 2.79 bits per heavy atom. The summed E-state index contributed by atoms with van der Waals surface area (Å²) >= 11 is 6.31. The summed E-state index contributed by atoms with van der Waals surface area (Å²) in [4.78, 5) is 0. The van der Waals surface area contributed by atoms with E-state index < -0.39 is 12.7 Å². The molecule has 0 fully saturated rings. The van der Waals surface area contributed by atoms with Gasteiger partial charge in [0.1, 0.15) is 17.5 Å². The van der Waals surface area contributed by atoms with Crippen LogP contribution in [0, 0.1) is 0 Å². The Balaban J connectivity index is 1.77. The first-order valence-corrected chi connectivity index (χ1v) is 9.17. The molecule has 2 heterocycles. The quantitative estimate of drug-likeness (QED) is 0.639. The average molecular weight is 420 g/mol. The Morgan fingerprint density at radius 1 is 1.21 bits per heavy atom. The van der Waals surface area contributed by atoms with Crippen molar-refractivity contribution in [2.45, 2.75) is 19.6 Å². The number of hydrogen-bond acceptors (Lipinski definition) is 6. The highest BCUT2D eigenvalue weighted by molar-refractivity contribution is 6.32. The van der Waals surface area contributed by atoms with E-state index in [4.69, 9.17) is 21.1 Å². The second kappa shape index (κ2) is 8.04. The van der Waals surface area contributed by atoms with Crippen molar-refractivity contribution in [3.05, 3.63) is 64.7 Å². The van der Waals surface area contributed by atoms with Crippen molar-refractivity contribution in [3.8, 4) is 11.5 Å². The Kier molecular flexibility index (Phi) is 5.30. The van der Waals surface area contributed by atoms with E-state index >= 15 is 0 Å². The zero-order valence-electron chi connectivity index (χ0n) is 15.2. The Labute approximate surface area is 169 Å². The minimum atomic E-state index is -2.94. The van der Waals surface area contributed by atoms with Gasteiger partial charge in [0.15, 0.2) is 0 Å². The van der Waals surface area contributed by atoms with Gasteiger partial charge in [-0.3, -0.25) is 0 Å². The molecular weight excluding hydrogens is 404 g/mol. The normalized spacial score (nSPS) is 15.5. The van der Waals surface area contributed by atoms with Crippen LogP contribution < -0.4 is 14.8 Å². The van der Waals surface area contributed by atoms with E-state index in [0.717, 1.165) is 5.56 Å². The van der Waals surface area contributed by atoms with Gasteiger partial charge in [0.05, 0.1) is 11.6 Å². The number of fused-ring (bicyclic) bond motifs is 1. The predicted molar refractivity (Wildman–Crippen MR) is 103 cm³/mol. The molecule has 7 nitrogen and oxygen atoms in total. The molecule has 1 N–H and O–H groups in total. The molecule has 0 bridgehead atoms. The summed E-state index contributed by atoms with van der Waals surface area (Å²) in [6, 6.07) is 11.3. The molecule has 0 saturated carbocycles. The second-order valence-corrected chi connectivity index (χ2v) is 6.50. The largest absolute Gasteiger partial charge is 0.492 e. The maximum Gasteiger partial charge on any atom is 0.387 e. The molecule has 1 atom stereocenters. The molecule has 3 aromatic rings. The van der Waals surface area contributed by atoms with Gasteiger partial charge < -0.3 is 14.8 Å². The van der Waals surface area contributed by atoms with Gasteiger partial charge in [-0.05, 0) is 53.3 Å². The molecule has 0 spiro atoms. The smallest absolute Gasteiger partial charge is 0.387 e. The maximum atomic E-state index is 12.9. The molecule has 150 valence electrons. The van der Waals surface area contributed by atoms with Crippen molar-refractivity contribution in [1.29, 1.82) is 0 Å². The van der Waals surface area contributed by atoms with Crippen LogP contribution in [-0.2, 0) is 0 Å². The molecular formula is C19H16ClF2N5O2. The number of rotatable bonds is 6. The third kappa shape index (κ3) is 3.86.